The van der Waals surface area contributed by atoms with Crippen LogP contribution in [-0.4, -0.2) is 11.7 Å². The highest BCUT2D eigenvalue weighted by Crippen LogP contribution is 2.41. The number of ether oxygens (including phenoxy) is 2. The van der Waals surface area contributed by atoms with Crippen molar-refractivity contribution in [2.24, 2.45) is 5.73 Å². The van der Waals surface area contributed by atoms with Crippen LogP contribution in [0, 0.1) is 18.3 Å². The maximum atomic E-state index is 13.6. The van der Waals surface area contributed by atoms with Crippen LogP contribution in [-0.2, 0) is 13.0 Å². The van der Waals surface area contributed by atoms with Gasteiger partial charge in [0, 0.05) is 18.3 Å². The van der Waals surface area contributed by atoms with E-state index in [-0.39, 0.29) is 17.0 Å². The highest BCUT2D eigenvalue weighted by molar-refractivity contribution is 5.56. The van der Waals surface area contributed by atoms with Gasteiger partial charge in [-0.2, -0.15) is 5.26 Å². The molecule has 0 saturated heterocycles. The predicted octanol–water partition coefficient (Wildman–Crippen LogP) is 3.63. The minimum Gasteiger partial charge on any atom is -0.497 e. The molecule has 3 aromatic rings. The molecule has 1 aliphatic rings. The van der Waals surface area contributed by atoms with Crippen LogP contribution in [0.3, 0.4) is 0 Å². The van der Waals surface area contributed by atoms with Crippen LogP contribution in [0.25, 0.3) is 0 Å². The van der Waals surface area contributed by atoms with Crippen LogP contribution >= 0.6 is 0 Å². The van der Waals surface area contributed by atoms with Gasteiger partial charge in [-0.15, -0.1) is 0 Å². The summed E-state index contributed by atoms with van der Waals surface area (Å²) >= 11 is 0. The summed E-state index contributed by atoms with van der Waals surface area (Å²) < 4.78 is 12.8. The fraction of sp³-hybridized carbons (Fsp3) is 0.200. The highest BCUT2D eigenvalue weighted by atomic mass is 16.5. The van der Waals surface area contributed by atoms with Crippen LogP contribution in [0.4, 0.5) is 0 Å². The Kier molecular flexibility index (Phi) is 5.50. The van der Waals surface area contributed by atoms with Crippen LogP contribution in [0.15, 0.2) is 76.9 Å². The molecule has 0 aliphatic carbocycles. The van der Waals surface area contributed by atoms with Crippen LogP contribution in [0.5, 0.6) is 11.5 Å². The van der Waals surface area contributed by atoms with E-state index in [0.29, 0.717) is 30.0 Å². The smallest absolute Gasteiger partial charge is 0.258 e. The highest BCUT2D eigenvalue weighted by Gasteiger charge is 2.34. The number of hydrogen-bond acceptors (Lipinski definition) is 5. The first-order valence-electron chi connectivity index (χ1n) is 10.0. The molecule has 31 heavy (non-hydrogen) atoms. The quantitative estimate of drug-likeness (QED) is 0.690. The van der Waals surface area contributed by atoms with E-state index in [2.05, 4.69) is 6.07 Å². The van der Waals surface area contributed by atoms with E-state index in [4.69, 9.17) is 15.2 Å². The normalized spacial score (nSPS) is 15.1. The van der Waals surface area contributed by atoms with E-state index >= 15 is 0 Å². The van der Waals surface area contributed by atoms with Crippen molar-refractivity contribution >= 4 is 0 Å². The number of aromatic nitrogens is 1. The lowest BCUT2D eigenvalue weighted by atomic mass is 9.84. The van der Waals surface area contributed by atoms with Crippen LogP contribution in [0.2, 0.25) is 0 Å². The van der Waals surface area contributed by atoms with Gasteiger partial charge in [0.1, 0.15) is 23.1 Å². The number of benzene rings is 2. The maximum absolute atomic E-state index is 13.6. The summed E-state index contributed by atoms with van der Waals surface area (Å²) in [5.74, 6) is 0.421. The van der Waals surface area contributed by atoms with Gasteiger partial charge in [0.25, 0.3) is 5.56 Å². The number of aryl methyl sites for hydroxylation is 2. The molecule has 1 atom stereocenters. The number of methoxy groups -OCH3 is 1. The van der Waals surface area contributed by atoms with Crippen molar-refractivity contribution < 1.29 is 9.47 Å². The van der Waals surface area contributed by atoms with Crippen molar-refractivity contribution in [1.82, 2.24) is 4.57 Å². The number of fused-ring (bicyclic) bond motifs is 1. The third-order valence-electron chi connectivity index (χ3n) is 5.58. The van der Waals surface area contributed by atoms with E-state index in [1.165, 1.54) is 0 Å². The van der Waals surface area contributed by atoms with Crippen molar-refractivity contribution in [2.45, 2.75) is 25.8 Å². The number of hydrogen-bond donors (Lipinski definition) is 1. The minimum absolute atomic E-state index is 0.0173. The fourth-order valence-corrected chi connectivity index (χ4v) is 4.00. The topological polar surface area (TPSA) is 90.3 Å². The molecule has 0 amide bonds. The molecule has 1 aliphatic heterocycles. The van der Waals surface area contributed by atoms with Gasteiger partial charge in [-0.1, -0.05) is 42.5 Å². The lowest BCUT2D eigenvalue weighted by molar-refractivity contribution is 0.387. The standard InChI is InChI=1S/C25H23N3O3/c1-16-13-21-23(25(29)28(16)12-11-17-7-4-3-5-8-17)22(20(15-26)24(27)31-21)18-9-6-10-19(14-18)30-2/h3-10,13-14,22H,11-12,27H2,1-2H3/t22-/m0/s1. The molecule has 0 fully saturated rings. The van der Waals surface area contributed by atoms with Gasteiger partial charge in [0.15, 0.2) is 0 Å². The summed E-state index contributed by atoms with van der Waals surface area (Å²) in [6.45, 7) is 2.39. The molecule has 6 heteroatoms. The summed E-state index contributed by atoms with van der Waals surface area (Å²) in [4.78, 5) is 13.6. The molecule has 4 rings (SSSR count). The minimum atomic E-state index is -0.625. The first-order valence-corrected chi connectivity index (χ1v) is 10.0. The molecule has 2 heterocycles. The second kappa shape index (κ2) is 8.41. The summed E-state index contributed by atoms with van der Waals surface area (Å²) in [5, 5.41) is 9.80. The maximum Gasteiger partial charge on any atom is 0.258 e. The number of nitriles is 1. The second-order valence-corrected chi connectivity index (χ2v) is 7.46. The van der Waals surface area contributed by atoms with Gasteiger partial charge in [0.05, 0.1) is 18.6 Å². The Balaban J connectivity index is 1.84. The van der Waals surface area contributed by atoms with Gasteiger partial charge < -0.3 is 19.8 Å². The molecular weight excluding hydrogens is 390 g/mol. The fourth-order valence-electron chi connectivity index (χ4n) is 4.00. The second-order valence-electron chi connectivity index (χ2n) is 7.46. The molecule has 0 saturated carbocycles. The van der Waals surface area contributed by atoms with Crippen molar-refractivity contribution in [3.63, 3.8) is 0 Å². The Morgan fingerprint density at radius 2 is 1.94 bits per heavy atom. The Labute approximate surface area is 180 Å². The van der Waals surface area contributed by atoms with E-state index in [1.807, 2.05) is 67.6 Å². The number of rotatable bonds is 5. The van der Waals surface area contributed by atoms with E-state index < -0.39 is 5.92 Å². The number of allylic oxidation sites excluding steroid dienone is 1. The Morgan fingerprint density at radius 1 is 1.16 bits per heavy atom. The number of pyridine rings is 1. The lowest BCUT2D eigenvalue weighted by Gasteiger charge is -2.27. The predicted molar refractivity (Wildman–Crippen MR) is 118 cm³/mol. The first kappa shape index (κ1) is 20.3. The van der Waals surface area contributed by atoms with Crippen molar-refractivity contribution in [2.75, 3.05) is 7.11 Å². The third kappa shape index (κ3) is 3.78. The average Bonchev–Trinajstić information content (AvgIpc) is 2.78. The molecule has 0 spiro atoms. The van der Waals surface area contributed by atoms with E-state index in [9.17, 15) is 10.1 Å². The molecule has 0 unspecified atom stereocenters. The average molecular weight is 413 g/mol. The third-order valence-corrected chi connectivity index (χ3v) is 5.58. The Bertz CT molecular complexity index is 1250. The summed E-state index contributed by atoms with van der Waals surface area (Å²) in [6.07, 6.45) is 0.716. The summed E-state index contributed by atoms with van der Waals surface area (Å²) in [6, 6.07) is 21.3. The van der Waals surface area contributed by atoms with Gasteiger partial charge in [-0.25, -0.2) is 0 Å². The molecule has 0 radical (unpaired) electrons. The zero-order valence-electron chi connectivity index (χ0n) is 17.5. The Morgan fingerprint density at radius 3 is 2.65 bits per heavy atom. The largest absolute Gasteiger partial charge is 0.497 e. The molecule has 2 aromatic carbocycles. The van der Waals surface area contributed by atoms with Gasteiger partial charge in [-0.05, 0) is 36.6 Å². The first-order chi connectivity index (χ1) is 15.0. The number of nitrogens with two attached hydrogens (primary N) is 1. The SMILES string of the molecule is COc1cccc([C@H]2C(C#N)=C(N)Oc3cc(C)n(CCc4ccccc4)c(=O)c32)c1. The van der Waals surface area contributed by atoms with Gasteiger partial charge in [-0.3, -0.25) is 4.79 Å². The zero-order chi connectivity index (χ0) is 22.0. The Hall–Kier alpha value is -3.98. The zero-order valence-corrected chi connectivity index (χ0v) is 17.5. The van der Waals surface area contributed by atoms with Crippen molar-refractivity contribution in [1.29, 1.82) is 5.26 Å². The van der Waals surface area contributed by atoms with Gasteiger partial charge in [0.2, 0.25) is 5.88 Å². The van der Waals surface area contributed by atoms with Crippen molar-refractivity contribution in [3.05, 3.63) is 105 Å². The van der Waals surface area contributed by atoms with Crippen LogP contribution < -0.4 is 20.8 Å². The summed E-state index contributed by atoms with van der Waals surface area (Å²) in [5.41, 5.74) is 9.19. The molecule has 1 aromatic heterocycles. The molecular formula is C25H23N3O3. The van der Waals surface area contributed by atoms with E-state index in [0.717, 1.165) is 16.8 Å². The van der Waals surface area contributed by atoms with E-state index in [1.54, 1.807) is 11.7 Å². The van der Waals surface area contributed by atoms with Crippen LogP contribution in [0.1, 0.15) is 28.3 Å². The molecule has 2 N–H and O–H groups in total. The number of nitrogens with zero attached hydrogens (tertiary/aromatic N) is 2. The molecule has 156 valence electrons. The van der Waals surface area contributed by atoms with Crippen molar-refractivity contribution in [3.8, 4) is 17.6 Å². The monoisotopic (exact) mass is 413 g/mol. The molecule has 6 nitrogen and oxygen atoms in total. The summed E-state index contributed by atoms with van der Waals surface area (Å²) in [7, 11) is 1.58. The molecule has 0 bridgehead atoms. The van der Waals surface area contributed by atoms with Gasteiger partial charge >= 0.3 is 0 Å². The lowest BCUT2D eigenvalue weighted by Crippen LogP contribution is -2.33.